The van der Waals surface area contributed by atoms with E-state index in [4.69, 9.17) is 10.2 Å². The van der Waals surface area contributed by atoms with E-state index in [0.29, 0.717) is 4.73 Å². The number of rotatable bonds is 2. The molecule has 0 unspecified atom stereocenters. The van der Waals surface area contributed by atoms with Crippen LogP contribution in [0.2, 0.25) is 0 Å². The zero-order valence-corrected chi connectivity index (χ0v) is 8.57. The molecule has 1 aromatic heterocycles. The molecule has 0 fully saturated rings. The van der Waals surface area contributed by atoms with Gasteiger partial charge in [0.15, 0.2) is 11.2 Å². The lowest BCUT2D eigenvalue weighted by molar-refractivity contribution is -0.470. The maximum atomic E-state index is 11.8. The number of nitrogens with zero attached hydrogens (tertiary/aromatic N) is 2. The minimum absolute atomic E-state index is 0.00426. The summed E-state index contributed by atoms with van der Waals surface area (Å²) in [6.45, 7) is -0.759. The molecule has 0 radical (unpaired) electrons. The number of carboxylic acids is 1. The monoisotopic (exact) mass is 237 g/mol. The van der Waals surface area contributed by atoms with Crippen molar-refractivity contribution in [1.29, 1.82) is 0 Å². The fourth-order valence-corrected chi connectivity index (χ4v) is 1.65. The zero-order valence-electron chi connectivity index (χ0n) is 8.57. The van der Waals surface area contributed by atoms with E-state index in [9.17, 15) is 14.9 Å². The van der Waals surface area contributed by atoms with Gasteiger partial charge in [-0.05, 0) is 6.07 Å². The molecule has 0 saturated heterocycles. The lowest BCUT2D eigenvalue weighted by atomic mass is 10.2. The van der Waals surface area contributed by atoms with Crippen LogP contribution in [0.5, 0.6) is 0 Å². The van der Waals surface area contributed by atoms with Gasteiger partial charge in [-0.2, -0.15) is 4.73 Å². The first-order chi connectivity index (χ1) is 8.07. The summed E-state index contributed by atoms with van der Waals surface area (Å²) in [6, 6.07) is 5.94. The third kappa shape index (κ3) is 1.53. The molecule has 7 nitrogen and oxygen atoms in total. The Bertz CT molecular complexity index is 662. The highest BCUT2D eigenvalue weighted by Gasteiger charge is 2.30. The predicted octanol–water partition coefficient (Wildman–Crippen LogP) is -0.0164. The topological polar surface area (TPSA) is 106 Å². The van der Waals surface area contributed by atoms with E-state index >= 15 is 0 Å². The highest BCUT2D eigenvalue weighted by Crippen LogP contribution is 2.13. The van der Waals surface area contributed by atoms with E-state index < -0.39 is 18.3 Å². The second-order valence-electron chi connectivity index (χ2n) is 3.35. The average Bonchev–Trinajstić information content (AvgIpc) is 2.33. The van der Waals surface area contributed by atoms with Crippen LogP contribution in [0.25, 0.3) is 11.0 Å². The number of para-hydroxylation sites is 2. The Kier molecular flexibility index (Phi) is 2.52. The number of fused-ring (bicyclic) bond motifs is 1. The maximum Gasteiger partial charge on any atom is 0.408 e. The molecule has 1 heterocycles. The fraction of sp³-hybridized carbons (Fsp3) is 0.100. The van der Waals surface area contributed by atoms with Crippen LogP contribution >= 0.6 is 0 Å². The zero-order chi connectivity index (χ0) is 12.6. The average molecular weight is 237 g/mol. The molecular formula is C10H9N2O5+. The Hall–Kier alpha value is -2.41. The molecule has 2 rings (SSSR count). The molecular weight excluding hydrogens is 228 g/mol. The molecule has 7 heteroatoms. The largest absolute Gasteiger partial charge is 0.473 e. The van der Waals surface area contributed by atoms with Gasteiger partial charge in [-0.3, -0.25) is 0 Å². The molecule has 0 aliphatic heterocycles. The Morgan fingerprint density at radius 3 is 2.59 bits per heavy atom. The molecule has 0 atom stereocenters. The molecule has 3 N–H and O–H groups in total. The van der Waals surface area contributed by atoms with Crippen LogP contribution in [-0.2, 0) is 6.61 Å². The summed E-state index contributed by atoms with van der Waals surface area (Å²) >= 11 is 0. The number of carbonyl (C=O) groups is 1. The quantitative estimate of drug-likeness (QED) is 0.503. The van der Waals surface area contributed by atoms with Crippen LogP contribution < -0.4 is 4.43 Å². The Labute approximate surface area is 94.3 Å². The van der Waals surface area contributed by atoms with Gasteiger partial charge in [-0.1, -0.05) is 12.1 Å². The molecule has 17 heavy (non-hydrogen) atoms. The van der Waals surface area contributed by atoms with E-state index in [0.717, 1.165) is 0 Å². The van der Waals surface area contributed by atoms with Gasteiger partial charge >= 0.3 is 11.7 Å². The number of aliphatic hydroxyl groups excluding tert-OH is 1. The molecule has 0 saturated carbocycles. The lowest BCUT2D eigenvalue weighted by Gasteiger charge is -2.05. The number of aliphatic hydroxyl groups is 1. The van der Waals surface area contributed by atoms with Crippen molar-refractivity contribution in [2.24, 2.45) is 0 Å². The standard InChI is InChI=1S/C10H8N2O5/c13-5-8-9(10(14)15)12(17)7-4-2-1-3-6(7)11(8)16/h1-4,13,16H,5H2/p+1. The lowest BCUT2D eigenvalue weighted by Crippen LogP contribution is -2.31. The first-order valence-electron chi connectivity index (χ1n) is 4.70. The summed E-state index contributed by atoms with van der Waals surface area (Å²) < 4.78 is 0.684. The SMILES string of the molecule is O=C(O)c1c(CO)n(O)c2ccccc2[n+]1=O. The molecule has 0 aliphatic carbocycles. The fourth-order valence-electron chi connectivity index (χ4n) is 1.65. The summed E-state index contributed by atoms with van der Waals surface area (Å²) in [5.41, 5.74) is -0.943. The Morgan fingerprint density at radius 1 is 1.35 bits per heavy atom. The summed E-state index contributed by atoms with van der Waals surface area (Å²) in [6.07, 6.45) is 0. The van der Waals surface area contributed by atoms with Gasteiger partial charge < -0.3 is 15.4 Å². The summed E-state index contributed by atoms with van der Waals surface area (Å²) in [4.78, 5) is 22.7. The van der Waals surface area contributed by atoms with Crippen molar-refractivity contribution in [2.75, 3.05) is 0 Å². The number of hydrogen-bond acceptors (Lipinski definition) is 4. The van der Waals surface area contributed by atoms with Gasteiger partial charge in [0.25, 0.3) is 5.52 Å². The Balaban J connectivity index is 3.05. The first-order valence-corrected chi connectivity index (χ1v) is 4.70. The van der Waals surface area contributed by atoms with Gasteiger partial charge in [0.2, 0.25) is 0 Å². The normalized spacial score (nSPS) is 10.6. The van der Waals surface area contributed by atoms with E-state index in [1.807, 2.05) is 0 Å². The van der Waals surface area contributed by atoms with Gasteiger partial charge in [0, 0.05) is 11.0 Å². The van der Waals surface area contributed by atoms with Gasteiger partial charge in [-0.25, -0.2) is 4.79 Å². The number of aromatic carboxylic acids is 1. The molecule has 88 valence electrons. The second kappa shape index (κ2) is 3.87. The maximum absolute atomic E-state index is 11.8. The van der Waals surface area contributed by atoms with Crippen molar-refractivity contribution in [3.63, 3.8) is 0 Å². The van der Waals surface area contributed by atoms with E-state index in [-0.39, 0.29) is 21.2 Å². The van der Waals surface area contributed by atoms with Crippen LogP contribution in [0.4, 0.5) is 0 Å². The van der Waals surface area contributed by atoms with Crippen LogP contribution in [-0.4, -0.2) is 26.1 Å². The van der Waals surface area contributed by atoms with E-state index in [2.05, 4.69) is 0 Å². The van der Waals surface area contributed by atoms with Crippen molar-refractivity contribution < 1.29 is 24.6 Å². The minimum Gasteiger partial charge on any atom is -0.473 e. The third-order valence-electron chi connectivity index (χ3n) is 2.41. The number of benzene rings is 1. The van der Waals surface area contributed by atoms with Crippen molar-refractivity contribution in [3.8, 4) is 0 Å². The van der Waals surface area contributed by atoms with Crippen molar-refractivity contribution in [3.05, 3.63) is 40.6 Å². The highest BCUT2D eigenvalue weighted by atomic mass is 16.5. The van der Waals surface area contributed by atoms with Crippen LogP contribution in [0.1, 0.15) is 16.2 Å². The molecule has 1 aromatic carbocycles. The van der Waals surface area contributed by atoms with E-state index in [1.54, 1.807) is 12.1 Å². The van der Waals surface area contributed by atoms with Crippen LogP contribution in [0, 0.1) is 4.91 Å². The first kappa shape index (κ1) is 11.1. The van der Waals surface area contributed by atoms with Gasteiger partial charge in [0.05, 0.1) is 11.0 Å². The highest BCUT2D eigenvalue weighted by molar-refractivity contribution is 5.86. The molecule has 0 aliphatic rings. The summed E-state index contributed by atoms with van der Waals surface area (Å²) in [5.74, 6) is -1.52. The Morgan fingerprint density at radius 2 is 2.00 bits per heavy atom. The van der Waals surface area contributed by atoms with Crippen molar-refractivity contribution in [2.45, 2.75) is 6.61 Å². The van der Waals surface area contributed by atoms with Crippen molar-refractivity contribution >= 4 is 17.0 Å². The smallest absolute Gasteiger partial charge is 0.408 e. The predicted molar refractivity (Wildman–Crippen MR) is 55.4 cm³/mol. The molecule has 0 bridgehead atoms. The summed E-state index contributed by atoms with van der Waals surface area (Å²) in [5, 5.41) is 27.7. The minimum atomic E-state index is -1.52. The van der Waals surface area contributed by atoms with Crippen LogP contribution in [0.3, 0.4) is 0 Å². The van der Waals surface area contributed by atoms with Crippen molar-refractivity contribution in [1.82, 2.24) is 4.73 Å². The van der Waals surface area contributed by atoms with Gasteiger partial charge in [0.1, 0.15) is 0 Å². The van der Waals surface area contributed by atoms with Crippen LogP contribution in [0.15, 0.2) is 24.3 Å². The molecule has 2 aromatic rings. The third-order valence-corrected chi connectivity index (χ3v) is 2.41. The van der Waals surface area contributed by atoms with E-state index in [1.165, 1.54) is 12.1 Å². The second-order valence-corrected chi connectivity index (χ2v) is 3.35. The number of hydrogen-bond donors (Lipinski definition) is 3. The summed E-state index contributed by atoms with van der Waals surface area (Å²) in [7, 11) is 0. The van der Waals surface area contributed by atoms with Gasteiger partial charge in [-0.15, -0.1) is 0 Å². The number of carboxylic acid groups (broad SMARTS) is 1. The molecule has 0 amide bonds. The molecule has 0 spiro atoms. The number of aromatic nitrogens is 2.